The minimum atomic E-state index is -0.949. The van der Waals surface area contributed by atoms with Gasteiger partial charge in [0.05, 0.1) is 6.42 Å². The van der Waals surface area contributed by atoms with Gasteiger partial charge in [-0.2, -0.15) is 0 Å². The molecule has 1 heterocycles. The molecule has 1 N–H and O–H groups in total. The molecule has 2 aliphatic rings. The summed E-state index contributed by atoms with van der Waals surface area (Å²) >= 11 is 0. The van der Waals surface area contributed by atoms with E-state index in [0.29, 0.717) is 24.4 Å². The van der Waals surface area contributed by atoms with Gasteiger partial charge in [0.15, 0.2) is 11.6 Å². The van der Waals surface area contributed by atoms with Gasteiger partial charge in [-0.3, -0.25) is 9.59 Å². The summed E-state index contributed by atoms with van der Waals surface area (Å²) in [5.74, 6) is -1.77. The molecule has 0 radical (unpaired) electrons. The van der Waals surface area contributed by atoms with Gasteiger partial charge < -0.3 is 10.2 Å². The van der Waals surface area contributed by atoms with Crippen molar-refractivity contribution >= 4 is 11.8 Å². The summed E-state index contributed by atoms with van der Waals surface area (Å²) in [5, 5.41) is 2.78. The molecule has 140 valence electrons. The summed E-state index contributed by atoms with van der Waals surface area (Å²) < 4.78 is 26.4. The molecule has 2 aromatic rings. The lowest BCUT2D eigenvalue weighted by Crippen LogP contribution is -2.48. The molecule has 1 unspecified atom stereocenters. The molecule has 4 rings (SSSR count). The van der Waals surface area contributed by atoms with E-state index in [-0.39, 0.29) is 18.4 Å². The minimum absolute atomic E-state index is 0.0476. The Kier molecular flexibility index (Phi) is 4.64. The van der Waals surface area contributed by atoms with E-state index in [1.54, 1.807) is 4.90 Å². The number of rotatable bonds is 5. The number of hydrogen-bond acceptors (Lipinski definition) is 2. The van der Waals surface area contributed by atoms with Gasteiger partial charge in [-0.1, -0.05) is 30.3 Å². The van der Waals surface area contributed by atoms with Crippen LogP contribution in [0.15, 0.2) is 42.5 Å². The SMILES string of the molecule is O=C(NCc1ccc(F)c(F)c1)C1c2ccccc2CC(=O)N1CC1CC1. The van der Waals surface area contributed by atoms with E-state index >= 15 is 0 Å². The lowest BCUT2D eigenvalue weighted by Gasteiger charge is -2.36. The quantitative estimate of drug-likeness (QED) is 0.879. The van der Waals surface area contributed by atoms with Crippen LogP contribution in [0.5, 0.6) is 0 Å². The molecule has 2 aromatic carbocycles. The highest BCUT2D eigenvalue weighted by molar-refractivity contribution is 5.92. The van der Waals surface area contributed by atoms with E-state index in [4.69, 9.17) is 0 Å². The standard InChI is InChI=1S/C21H20F2N2O2/c22-17-8-7-14(9-18(17)23)11-24-21(27)20-16-4-2-1-3-15(16)10-19(26)25(20)12-13-5-6-13/h1-4,7-9,13,20H,5-6,10-12H2,(H,24,27). The molecular weight excluding hydrogens is 350 g/mol. The van der Waals surface area contributed by atoms with Gasteiger partial charge in [-0.25, -0.2) is 8.78 Å². The van der Waals surface area contributed by atoms with Gasteiger partial charge in [0.25, 0.3) is 0 Å². The molecule has 4 nitrogen and oxygen atoms in total. The normalized spacial score (nSPS) is 19.0. The molecule has 0 spiro atoms. The summed E-state index contributed by atoms with van der Waals surface area (Å²) in [5.41, 5.74) is 2.16. The Morgan fingerprint density at radius 2 is 1.89 bits per heavy atom. The average molecular weight is 370 g/mol. The maximum absolute atomic E-state index is 13.4. The fourth-order valence-electron chi connectivity index (χ4n) is 3.54. The minimum Gasteiger partial charge on any atom is -0.350 e. The van der Waals surface area contributed by atoms with Crippen LogP contribution < -0.4 is 5.32 Å². The lowest BCUT2D eigenvalue weighted by molar-refractivity contribution is -0.142. The Hall–Kier alpha value is -2.76. The first-order valence-corrected chi connectivity index (χ1v) is 9.12. The van der Waals surface area contributed by atoms with Crippen molar-refractivity contribution in [3.63, 3.8) is 0 Å². The van der Waals surface area contributed by atoms with E-state index in [2.05, 4.69) is 5.32 Å². The second-order valence-electron chi connectivity index (χ2n) is 7.23. The number of carbonyl (C=O) groups is 2. The van der Waals surface area contributed by atoms with Crippen molar-refractivity contribution in [1.29, 1.82) is 0 Å². The van der Waals surface area contributed by atoms with E-state index in [0.717, 1.165) is 36.1 Å². The highest BCUT2D eigenvalue weighted by Crippen LogP contribution is 2.36. The topological polar surface area (TPSA) is 49.4 Å². The van der Waals surface area contributed by atoms with Crippen LogP contribution in [-0.2, 0) is 22.6 Å². The fourth-order valence-corrected chi connectivity index (χ4v) is 3.54. The molecule has 1 aliphatic carbocycles. The first-order chi connectivity index (χ1) is 13.0. The average Bonchev–Trinajstić information content (AvgIpc) is 3.47. The van der Waals surface area contributed by atoms with Crippen molar-refractivity contribution in [3.8, 4) is 0 Å². The van der Waals surface area contributed by atoms with Crippen molar-refractivity contribution < 1.29 is 18.4 Å². The summed E-state index contributed by atoms with van der Waals surface area (Å²) in [7, 11) is 0. The highest BCUT2D eigenvalue weighted by atomic mass is 19.2. The first kappa shape index (κ1) is 17.6. The molecule has 1 fully saturated rings. The molecule has 0 aromatic heterocycles. The van der Waals surface area contributed by atoms with Crippen LogP contribution in [-0.4, -0.2) is 23.3 Å². The van der Waals surface area contributed by atoms with Gasteiger partial charge in [0.2, 0.25) is 11.8 Å². The van der Waals surface area contributed by atoms with Crippen molar-refractivity contribution in [2.24, 2.45) is 5.92 Å². The van der Waals surface area contributed by atoms with Crippen LogP contribution in [0.4, 0.5) is 8.78 Å². The molecule has 1 atom stereocenters. The molecule has 0 saturated heterocycles. The summed E-state index contributed by atoms with van der Waals surface area (Å²) in [6, 6.07) is 10.3. The maximum atomic E-state index is 13.4. The zero-order valence-electron chi connectivity index (χ0n) is 14.8. The third-order valence-electron chi connectivity index (χ3n) is 5.17. The highest BCUT2D eigenvalue weighted by Gasteiger charge is 2.39. The lowest BCUT2D eigenvalue weighted by atomic mass is 9.91. The third kappa shape index (κ3) is 3.70. The Labute approximate surface area is 156 Å². The number of fused-ring (bicyclic) bond motifs is 1. The van der Waals surface area contributed by atoms with Crippen LogP contribution in [0.3, 0.4) is 0 Å². The number of amides is 2. The maximum Gasteiger partial charge on any atom is 0.247 e. The smallest absolute Gasteiger partial charge is 0.247 e. The summed E-state index contributed by atoms with van der Waals surface area (Å²) in [6.45, 7) is 0.649. The Bertz CT molecular complexity index is 896. The van der Waals surface area contributed by atoms with Gasteiger partial charge in [-0.15, -0.1) is 0 Å². The van der Waals surface area contributed by atoms with Gasteiger partial charge in [0.1, 0.15) is 6.04 Å². The van der Waals surface area contributed by atoms with Crippen molar-refractivity contribution in [2.75, 3.05) is 6.54 Å². The van der Waals surface area contributed by atoms with Crippen molar-refractivity contribution in [2.45, 2.75) is 31.8 Å². The second-order valence-corrected chi connectivity index (χ2v) is 7.23. The molecular formula is C21H20F2N2O2. The van der Waals surface area contributed by atoms with Crippen LogP contribution in [0, 0.1) is 17.6 Å². The summed E-state index contributed by atoms with van der Waals surface area (Å²) in [4.78, 5) is 27.3. The van der Waals surface area contributed by atoms with E-state index in [1.807, 2.05) is 24.3 Å². The Morgan fingerprint density at radius 3 is 2.63 bits per heavy atom. The zero-order valence-corrected chi connectivity index (χ0v) is 14.8. The van der Waals surface area contributed by atoms with E-state index in [9.17, 15) is 18.4 Å². The Morgan fingerprint density at radius 1 is 1.11 bits per heavy atom. The molecule has 6 heteroatoms. The van der Waals surface area contributed by atoms with E-state index < -0.39 is 17.7 Å². The number of benzene rings is 2. The van der Waals surface area contributed by atoms with Crippen LogP contribution in [0.1, 0.15) is 35.6 Å². The molecule has 0 bridgehead atoms. The third-order valence-corrected chi connectivity index (χ3v) is 5.17. The van der Waals surface area contributed by atoms with Gasteiger partial charge in [0, 0.05) is 13.1 Å². The number of nitrogens with one attached hydrogen (secondary N) is 1. The van der Waals surface area contributed by atoms with Gasteiger partial charge >= 0.3 is 0 Å². The summed E-state index contributed by atoms with van der Waals surface area (Å²) in [6.07, 6.45) is 2.46. The predicted molar refractivity (Wildman–Crippen MR) is 95.5 cm³/mol. The van der Waals surface area contributed by atoms with E-state index in [1.165, 1.54) is 6.07 Å². The number of carbonyl (C=O) groups excluding carboxylic acids is 2. The molecule has 2 amide bonds. The zero-order chi connectivity index (χ0) is 19.0. The van der Waals surface area contributed by atoms with Crippen LogP contribution >= 0.6 is 0 Å². The molecule has 1 saturated carbocycles. The first-order valence-electron chi connectivity index (χ1n) is 9.12. The van der Waals surface area contributed by atoms with Crippen molar-refractivity contribution in [3.05, 3.63) is 70.8 Å². The van der Waals surface area contributed by atoms with Crippen molar-refractivity contribution in [1.82, 2.24) is 10.2 Å². The number of hydrogen-bond donors (Lipinski definition) is 1. The second kappa shape index (κ2) is 7.10. The van der Waals surface area contributed by atoms with Gasteiger partial charge in [-0.05, 0) is 47.6 Å². The van der Waals surface area contributed by atoms with Crippen LogP contribution in [0.2, 0.25) is 0 Å². The molecule has 27 heavy (non-hydrogen) atoms. The number of nitrogens with zero attached hydrogens (tertiary/aromatic N) is 1. The van der Waals surface area contributed by atoms with Crippen LogP contribution in [0.25, 0.3) is 0 Å². The number of halogens is 2. The predicted octanol–water partition coefficient (Wildman–Crippen LogP) is 3.12. The largest absolute Gasteiger partial charge is 0.350 e. The molecule has 1 aliphatic heterocycles. The fraction of sp³-hybridized carbons (Fsp3) is 0.333. The monoisotopic (exact) mass is 370 g/mol. The Balaban J connectivity index is 1.56.